The van der Waals surface area contributed by atoms with Gasteiger partial charge in [-0.05, 0) is 24.6 Å². The molecule has 0 fully saturated rings. The molecule has 15 heavy (non-hydrogen) atoms. The van der Waals surface area contributed by atoms with Crippen molar-refractivity contribution in [3.8, 4) is 6.07 Å². The molecule has 0 heterocycles. The lowest BCUT2D eigenvalue weighted by Gasteiger charge is -2.04. The number of sulfonamides is 1. The van der Waals surface area contributed by atoms with Crippen molar-refractivity contribution in [3.05, 3.63) is 35.4 Å². The Labute approximate surface area is 89.6 Å². The summed E-state index contributed by atoms with van der Waals surface area (Å²) in [6.45, 7) is 1.85. The number of nitrogens with zero attached hydrogens (tertiary/aromatic N) is 1. The highest BCUT2D eigenvalue weighted by molar-refractivity contribution is 7.89. The van der Waals surface area contributed by atoms with E-state index >= 15 is 0 Å². The first-order valence-corrected chi connectivity index (χ1v) is 6.19. The highest BCUT2D eigenvalue weighted by atomic mass is 32.2. The first-order valence-electron chi connectivity index (χ1n) is 4.54. The predicted molar refractivity (Wildman–Crippen MR) is 57.5 cm³/mol. The molecule has 80 valence electrons. The minimum atomic E-state index is -3.15. The van der Waals surface area contributed by atoms with Crippen molar-refractivity contribution in [3.63, 3.8) is 0 Å². The van der Waals surface area contributed by atoms with Crippen LogP contribution in [0.1, 0.15) is 18.1 Å². The summed E-state index contributed by atoms with van der Waals surface area (Å²) in [5.74, 6) is 0.0727. The second-order valence-corrected chi connectivity index (χ2v) is 5.13. The van der Waals surface area contributed by atoms with Crippen LogP contribution in [0.2, 0.25) is 0 Å². The van der Waals surface area contributed by atoms with Crippen LogP contribution in [-0.4, -0.2) is 14.2 Å². The highest BCUT2D eigenvalue weighted by Crippen LogP contribution is 2.03. The minimum Gasteiger partial charge on any atom is -0.212 e. The second kappa shape index (κ2) is 4.91. The van der Waals surface area contributed by atoms with E-state index in [1.807, 2.05) is 6.07 Å². The van der Waals surface area contributed by atoms with Crippen LogP contribution < -0.4 is 4.72 Å². The van der Waals surface area contributed by atoms with E-state index in [9.17, 15) is 8.42 Å². The van der Waals surface area contributed by atoms with Crippen molar-refractivity contribution < 1.29 is 8.42 Å². The number of hydrogen-bond acceptors (Lipinski definition) is 3. The van der Waals surface area contributed by atoms with E-state index in [1.165, 1.54) is 0 Å². The third-order valence-electron chi connectivity index (χ3n) is 1.96. The third kappa shape index (κ3) is 3.70. The van der Waals surface area contributed by atoms with Crippen LogP contribution in [0, 0.1) is 11.3 Å². The molecule has 0 aromatic heterocycles. The molecule has 0 aliphatic carbocycles. The van der Waals surface area contributed by atoms with Gasteiger partial charge in [-0.25, -0.2) is 13.1 Å². The topological polar surface area (TPSA) is 70.0 Å². The van der Waals surface area contributed by atoms with Crippen molar-refractivity contribution >= 4 is 10.0 Å². The van der Waals surface area contributed by atoms with Crippen molar-refractivity contribution in [2.75, 3.05) is 5.75 Å². The van der Waals surface area contributed by atoms with Gasteiger partial charge < -0.3 is 0 Å². The molecule has 0 aliphatic heterocycles. The van der Waals surface area contributed by atoms with Crippen molar-refractivity contribution in [1.82, 2.24) is 4.72 Å². The molecule has 4 nitrogen and oxygen atoms in total. The molecular formula is C10H12N2O2S. The largest absolute Gasteiger partial charge is 0.212 e. The number of rotatable bonds is 4. The fraction of sp³-hybridized carbons (Fsp3) is 0.300. The predicted octanol–water partition coefficient (Wildman–Crippen LogP) is 0.998. The number of nitriles is 1. The van der Waals surface area contributed by atoms with Crippen molar-refractivity contribution in [2.24, 2.45) is 0 Å². The lowest BCUT2D eigenvalue weighted by molar-refractivity contribution is 0.582. The van der Waals surface area contributed by atoms with Gasteiger partial charge in [0.05, 0.1) is 17.4 Å². The number of nitrogens with one attached hydrogen (secondary N) is 1. The Balaban J connectivity index is 2.64. The van der Waals surface area contributed by atoms with Gasteiger partial charge >= 0.3 is 0 Å². The number of hydrogen-bond donors (Lipinski definition) is 1. The zero-order chi connectivity index (χ0) is 11.3. The molecule has 0 unspecified atom stereocenters. The summed E-state index contributed by atoms with van der Waals surface area (Å²) >= 11 is 0. The summed E-state index contributed by atoms with van der Waals surface area (Å²) < 4.78 is 24.7. The van der Waals surface area contributed by atoms with Crippen molar-refractivity contribution in [2.45, 2.75) is 13.5 Å². The van der Waals surface area contributed by atoms with Gasteiger partial charge in [0.2, 0.25) is 10.0 Å². The van der Waals surface area contributed by atoms with E-state index in [0.29, 0.717) is 5.56 Å². The molecule has 1 aromatic rings. The van der Waals surface area contributed by atoms with Gasteiger partial charge in [-0.1, -0.05) is 12.1 Å². The molecule has 0 radical (unpaired) electrons. The van der Waals surface area contributed by atoms with E-state index < -0.39 is 10.0 Å². The molecule has 0 aliphatic rings. The molecule has 0 saturated heterocycles. The Morgan fingerprint density at radius 3 is 2.40 bits per heavy atom. The average Bonchev–Trinajstić information content (AvgIpc) is 2.27. The standard InChI is InChI=1S/C10H12N2O2S/c1-2-15(13,14)12-8-10-5-3-9(7-11)4-6-10/h3-6,12H,2,8H2,1H3. The van der Waals surface area contributed by atoms with Gasteiger partial charge in [0.25, 0.3) is 0 Å². The summed E-state index contributed by atoms with van der Waals surface area (Å²) in [6.07, 6.45) is 0. The van der Waals surface area contributed by atoms with Crippen LogP contribution in [0.4, 0.5) is 0 Å². The smallest absolute Gasteiger partial charge is 0.211 e. The zero-order valence-corrected chi connectivity index (χ0v) is 9.21. The fourth-order valence-corrected chi connectivity index (χ4v) is 1.58. The SMILES string of the molecule is CCS(=O)(=O)NCc1ccc(C#N)cc1. The van der Waals surface area contributed by atoms with Gasteiger partial charge in [0, 0.05) is 6.54 Å². The lowest BCUT2D eigenvalue weighted by Crippen LogP contribution is -2.24. The molecule has 1 rings (SSSR count). The van der Waals surface area contributed by atoms with Gasteiger partial charge in [-0.3, -0.25) is 0 Å². The molecule has 0 spiro atoms. The fourth-order valence-electron chi connectivity index (χ4n) is 0.992. The normalized spacial score (nSPS) is 10.9. The van der Waals surface area contributed by atoms with E-state index in [2.05, 4.69) is 4.72 Å². The Hall–Kier alpha value is -1.38. The molecule has 1 aromatic carbocycles. The quantitative estimate of drug-likeness (QED) is 0.829. The van der Waals surface area contributed by atoms with Crippen LogP contribution >= 0.6 is 0 Å². The first-order chi connectivity index (χ1) is 7.07. The average molecular weight is 224 g/mol. The van der Waals surface area contributed by atoms with E-state index in [4.69, 9.17) is 5.26 Å². The molecule has 5 heteroatoms. The monoisotopic (exact) mass is 224 g/mol. The van der Waals surface area contributed by atoms with Crippen LogP contribution in [0.25, 0.3) is 0 Å². The van der Waals surface area contributed by atoms with Crippen molar-refractivity contribution in [1.29, 1.82) is 5.26 Å². The van der Waals surface area contributed by atoms with E-state index in [0.717, 1.165) is 5.56 Å². The van der Waals surface area contributed by atoms with Gasteiger partial charge in [0.1, 0.15) is 0 Å². The summed E-state index contributed by atoms with van der Waals surface area (Å²) in [6, 6.07) is 8.79. The third-order valence-corrected chi connectivity index (χ3v) is 3.30. The molecular weight excluding hydrogens is 212 g/mol. The molecule has 0 amide bonds. The van der Waals surface area contributed by atoms with Gasteiger partial charge in [-0.2, -0.15) is 5.26 Å². The Kier molecular flexibility index (Phi) is 3.83. The van der Waals surface area contributed by atoms with Crippen LogP contribution in [0.15, 0.2) is 24.3 Å². The summed E-state index contributed by atoms with van der Waals surface area (Å²) in [7, 11) is -3.15. The van der Waals surface area contributed by atoms with E-state index in [1.54, 1.807) is 31.2 Å². The molecule has 0 saturated carbocycles. The van der Waals surface area contributed by atoms with Crippen LogP contribution in [0.3, 0.4) is 0 Å². The Morgan fingerprint density at radius 1 is 1.33 bits per heavy atom. The second-order valence-electron chi connectivity index (χ2n) is 3.03. The maximum absolute atomic E-state index is 11.1. The maximum atomic E-state index is 11.1. The molecule has 0 atom stereocenters. The zero-order valence-electron chi connectivity index (χ0n) is 8.40. The van der Waals surface area contributed by atoms with Gasteiger partial charge in [0.15, 0.2) is 0 Å². The maximum Gasteiger partial charge on any atom is 0.211 e. The summed E-state index contributed by atoms with van der Waals surface area (Å²) in [4.78, 5) is 0. The Bertz CT molecular complexity index is 457. The van der Waals surface area contributed by atoms with Crippen LogP contribution in [-0.2, 0) is 16.6 Å². The summed E-state index contributed by atoms with van der Waals surface area (Å²) in [5.41, 5.74) is 1.41. The highest BCUT2D eigenvalue weighted by Gasteiger charge is 2.05. The molecule has 1 N–H and O–H groups in total. The lowest BCUT2D eigenvalue weighted by atomic mass is 10.1. The van der Waals surface area contributed by atoms with Crippen LogP contribution in [0.5, 0.6) is 0 Å². The molecule has 0 bridgehead atoms. The number of benzene rings is 1. The minimum absolute atomic E-state index is 0.0727. The first kappa shape index (κ1) is 11.7. The van der Waals surface area contributed by atoms with Gasteiger partial charge in [-0.15, -0.1) is 0 Å². The van der Waals surface area contributed by atoms with E-state index in [-0.39, 0.29) is 12.3 Å². The Morgan fingerprint density at radius 2 is 1.93 bits per heavy atom. The summed E-state index contributed by atoms with van der Waals surface area (Å²) in [5, 5.41) is 8.56.